The third-order valence-corrected chi connectivity index (χ3v) is 3.77. The Bertz CT molecular complexity index is 514. The Morgan fingerprint density at radius 2 is 2.18 bits per heavy atom. The van der Waals surface area contributed by atoms with E-state index in [2.05, 4.69) is 40.8 Å². The number of nitrogens with one attached hydrogen (secondary N) is 2. The van der Waals surface area contributed by atoms with Gasteiger partial charge in [-0.05, 0) is 31.6 Å². The molecule has 3 nitrogen and oxygen atoms in total. The molecule has 2 heterocycles. The molecule has 2 N–H and O–H groups in total. The average molecular weight is 230 g/mol. The molecule has 2 aromatic rings. The van der Waals surface area contributed by atoms with Crippen LogP contribution < -0.4 is 5.32 Å². The monoisotopic (exact) mass is 230 g/mol. The van der Waals surface area contributed by atoms with Crippen LogP contribution in [0.4, 0.5) is 0 Å². The zero-order valence-corrected chi connectivity index (χ0v) is 10.1. The van der Waals surface area contributed by atoms with Crippen molar-refractivity contribution < 1.29 is 4.74 Å². The van der Waals surface area contributed by atoms with E-state index in [-0.39, 0.29) is 5.41 Å². The van der Waals surface area contributed by atoms with Crippen LogP contribution >= 0.6 is 0 Å². The first-order chi connectivity index (χ1) is 8.36. The summed E-state index contributed by atoms with van der Waals surface area (Å²) in [4.78, 5) is 3.36. The quantitative estimate of drug-likeness (QED) is 0.843. The summed E-state index contributed by atoms with van der Waals surface area (Å²) in [5, 5.41) is 4.58. The van der Waals surface area contributed by atoms with Crippen molar-refractivity contribution in [2.24, 2.45) is 0 Å². The summed E-state index contributed by atoms with van der Waals surface area (Å²) in [6, 6.07) is 8.50. The number of aromatic nitrogens is 1. The summed E-state index contributed by atoms with van der Waals surface area (Å²) >= 11 is 0. The van der Waals surface area contributed by atoms with Gasteiger partial charge < -0.3 is 15.0 Å². The summed E-state index contributed by atoms with van der Waals surface area (Å²) in [5.74, 6) is 0. The second-order valence-corrected chi connectivity index (χ2v) is 4.87. The maximum Gasteiger partial charge on any atom is 0.0586 e. The second kappa shape index (κ2) is 4.17. The van der Waals surface area contributed by atoms with E-state index in [0.717, 1.165) is 26.2 Å². The Balaban J connectivity index is 2.01. The lowest BCUT2D eigenvalue weighted by molar-refractivity contribution is -0.0630. The normalized spacial score (nSPS) is 18.2. The second-order valence-electron chi connectivity index (χ2n) is 4.87. The number of H-pyrrole nitrogens is 1. The minimum Gasteiger partial charge on any atom is -0.379 e. The van der Waals surface area contributed by atoms with Crippen LogP contribution in [0.1, 0.15) is 12.0 Å². The van der Waals surface area contributed by atoms with Gasteiger partial charge in [0.05, 0.1) is 13.2 Å². The van der Waals surface area contributed by atoms with Gasteiger partial charge in [0.25, 0.3) is 0 Å². The molecule has 0 radical (unpaired) electrons. The third-order valence-electron chi connectivity index (χ3n) is 3.77. The largest absolute Gasteiger partial charge is 0.379 e. The van der Waals surface area contributed by atoms with Gasteiger partial charge in [-0.3, -0.25) is 0 Å². The van der Waals surface area contributed by atoms with E-state index in [1.165, 1.54) is 16.5 Å². The Morgan fingerprint density at radius 1 is 1.35 bits per heavy atom. The van der Waals surface area contributed by atoms with Crippen molar-refractivity contribution in [3.05, 3.63) is 36.0 Å². The number of hydrogen-bond acceptors (Lipinski definition) is 2. The van der Waals surface area contributed by atoms with Gasteiger partial charge in [-0.2, -0.15) is 0 Å². The predicted molar refractivity (Wildman–Crippen MR) is 69.3 cm³/mol. The van der Waals surface area contributed by atoms with E-state index in [1.807, 2.05) is 7.05 Å². The molecule has 0 aliphatic carbocycles. The molecule has 3 heteroatoms. The minimum absolute atomic E-state index is 0.211. The van der Waals surface area contributed by atoms with Crippen molar-refractivity contribution in [3.8, 4) is 0 Å². The number of aromatic amines is 1. The fourth-order valence-corrected chi connectivity index (χ4v) is 2.66. The maximum absolute atomic E-state index is 5.47. The van der Waals surface area contributed by atoms with Gasteiger partial charge in [-0.25, -0.2) is 0 Å². The van der Waals surface area contributed by atoms with Crippen LogP contribution in [0.25, 0.3) is 10.9 Å². The Hall–Kier alpha value is -1.32. The van der Waals surface area contributed by atoms with E-state index in [0.29, 0.717) is 0 Å². The first-order valence-corrected chi connectivity index (χ1v) is 6.15. The molecular formula is C14H18N2O. The fraction of sp³-hybridized carbons (Fsp3) is 0.429. The Morgan fingerprint density at radius 3 is 2.88 bits per heavy atom. The van der Waals surface area contributed by atoms with Crippen molar-refractivity contribution in [3.63, 3.8) is 0 Å². The Kier molecular flexibility index (Phi) is 2.65. The number of ether oxygens (including phenoxy) is 1. The highest BCUT2D eigenvalue weighted by Crippen LogP contribution is 2.39. The molecule has 0 amide bonds. The number of para-hydroxylation sites is 1. The molecule has 90 valence electrons. The van der Waals surface area contributed by atoms with Gasteiger partial charge in [-0.1, -0.05) is 18.2 Å². The SMILES string of the molecule is CNCCC1(c2c[nH]c3ccccc23)COC1. The topological polar surface area (TPSA) is 37.0 Å². The lowest BCUT2D eigenvalue weighted by Crippen LogP contribution is -2.48. The maximum atomic E-state index is 5.47. The van der Waals surface area contributed by atoms with Gasteiger partial charge >= 0.3 is 0 Å². The molecule has 17 heavy (non-hydrogen) atoms. The molecule has 3 rings (SSSR count). The summed E-state index contributed by atoms with van der Waals surface area (Å²) in [6.45, 7) is 2.72. The molecule has 1 aliphatic heterocycles. The van der Waals surface area contributed by atoms with Crippen molar-refractivity contribution in [2.45, 2.75) is 11.8 Å². The molecule has 0 saturated carbocycles. The van der Waals surface area contributed by atoms with Crippen LogP contribution in [0.3, 0.4) is 0 Å². The summed E-state index contributed by atoms with van der Waals surface area (Å²) in [7, 11) is 2.00. The van der Waals surface area contributed by atoms with Crippen LogP contribution in [0.15, 0.2) is 30.5 Å². The first kappa shape index (κ1) is 10.8. The molecule has 0 bridgehead atoms. The highest BCUT2D eigenvalue weighted by atomic mass is 16.5. The fourth-order valence-electron chi connectivity index (χ4n) is 2.66. The summed E-state index contributed by atoms with van der Waals surface area (Å²) in [5.41, 5.74) is 2.84. The van der Waals surface area contributed by atoms with Crippen LogP contribution in [0.5, 0.6) is 0 Å². The first-order valence-electron chi connectivity index (χ1n) is 6.15. The van der Waals surface area contributed by atoms with Gasteiger partial charge in [-0.15, -0.1) is 0 Å². The van der Waals surface area contributed by atoms with E-state index in [1.54, 1.807) is 0 Å². The number of benzene rings is 1. The zero-order valence-electron chi connectivity index (χ0n) is 10.1. The van der Waals surface area contributed by atoms with Crippen LogP contribution in [0.2, 0.25) is 0 Å². The van der Waals surface area contributed by atoms with Crippen LogP contribution in [-0.4, -0.2) is 31.8 Å². The Labute approximate surface area is 101 Å². The highest BCUT2D eigenvalue weighted by Gasteiger charge is 2.41. The average Bonchev–Trinajstić information content (AvgIpc) is 2.73. The van der Waals surface area contributed by atoms with Gasteiger partial charge in [0, 0.05) is 22.5 Å². The smallest absolute Gasteiger partial charge is 0.0586 e. The predicted octanol–water partition coefficient (Wildman–Crippen LogP) is 2.05. The lowest BCUT2D eigenvalue weighted by Gasteiger charge is -2.41. The molecule has 1 aromatic carbocycles. The van der Waals surface area contributed by atoms with Crippen LogP contribution in [-0.2, 0) is 10.2 Å². The molecule has 1 aromatic heterocycles. The molecular weight excluding hydrogens is 212 g/mol. The van der Waals surface area contributed by atoms with E-state index < -0.39 is 0 Å². The van der Waals surface area contributed by atoms with Crippen molar-refractivity contribution in [2.75, 3.05) is 26.8 Å². The molecule has 1 fully saturated rings. The van der Waals surface area contributed by atoms with Crippen molar-refractivity contribution in [1.82, 2.24) is 10.3 Å². The molecule has 1 saturated heterocycles. The zero-order chi connectivity index (χ0) is 11.7. The van der Waals surface area contributed by atoms with Gasteiger partial charge in [0.2, 0.25) is 0 Å². The van der Waals surface area contributed by atoms with Crippen molar-refractivity contribution >= 4 is 10.9 Å². The molecule has 0 atom stereocenters. The minimum atomic E-state index is 0.211. The molecule has 0 unspecified atom stereocenters. The highest BCUT2D eigenvalue weighted by molar-refractivity contribution is 5.84. The van der Waals surface area contributed by atoms with Crippen LogP contribution in [0, 0.1) is 0 Å². The molecule has 0 spiro atoms. The lowest BCUT2D eigenvalue weighted by atomic mass is 9.76. The standard InChI is InChI=1S/C14H18N2O/c1-15-7-6-14(9-17-10-14)12-8-16-13-5-3-2-4-11(12)13/h2-5,8,15-16H,6-7,9-10H2,1H3. The molecule has 1 aliphatic rings. The summed E-state index contributed by atoms with van der Waals surface area (Å²) in [6.07, 6.45) is 3.29. The summed E-state index contributed by atoms with van der Waals surface area (Å²) < 4.78 is 5.47. The number of fused-ring (bicyclic) bond motifs is 1. The number of rotatable bonds is 4. The third kappa shape index (κ3) is 1.66. The van der Waals surface area contributed by atoms with Gasteiger partial charge in [0.15, 0.2) is 0 Å². The van der Waals surface area contributed by atoms with Crippen molar-refractivity contribution in [1.29, 1.82) is 0 Å². The van der Waals surface area contributed by atoms with E-state index in [4.69, 9.17) is 4.74 Å². The number of hydrogen-bond donors (Lipinski definition) is 2. The van der Waals surface area contributed by atoms with E-state index in [9.17, 15) is 0 Å². The van der Waals surface area contributed by atoms with Gasteiger partial charge in [0.1, 0.15) is 0 Å². The van der Waals surface area contributed by atoms with E-state index >= 15 is 0 Å².